The van der Waals surface area contributed by atoms with Gasteiger partial charge in [-0.05, 0) is 31.7 Å². The number of piperidine rings is 1. The summed E-state index contributed by atoms with van der Waals surface area (Å²) in [4.78, 5) is 38.2. The van der Waals surface area contributed by atoms with E-state index in [2.05, 4.69) is 0 Å². The molecule has 0 saturated carbocycles. The van der Waals surface area contributed by atoms with E-state index in [4.69, 9.17) is 4.74 Å². The maximum absolute atomic E-state index is 12.2. The van der Waals surface area contributed by atoms with E-state index in [0.717, 1.165) is 18.4 Å². The van der Waals surface area contributed by atoms with Crippen molar-refractivity contribution in [3.8, 4) is 11.1 Å². The van der Waals surface area contributed by atoms with Crippen LogP contribution in [0, 0.1) is 0 Å². The normalized spacial score (nSPS) is 18.1. The summed E-state index contributed by atoms with van der Waals surface area (Å²) in [5.74, 6) is -0.320. The van der Waals surface area contributed by atoms with E-state index in [1.807, 2.05) is 30.3 Å². The Kier molecular flexibility index (Phi) is 4.28. The lowest BCUT2D eigenvalue weighted by molar-refractivity contribution is -0.145. The number of carbonyl (C=O) groups excluding carboxylic acids is 1. The number of anilines is 1. The summed E-state index contributed by atoms with van der Waals surface area (Å²) >= 11 is 0. The second-order valence-corrected chi connectivity index (χ2v) is 5.70. The van der Waals surface area contributed by atoms with Crippen LogP contribution in [0.3, 0.4) is 0 Å². The molecule has 1 fully saturated rings. The second kappa shape index (κ2) is 6.36. The molecule has 120 valence electrons. The first kappa shape index (κ1) is 15.5. The Morgan fingerprint density at radius 3 is 2.61 bits per heavy atom. The first-order valence-corrected chi connectivity index (χ1v) is 7.97. The van der Waals surface area contributed by atoms with Gasteiger partial charge < -0.3 is 9.64 Å². The highest BCUT2D eigenvalue weighted by molar-refractivity contribution is 5.87. The van der Waals surface area contributed by atoms with Gasteiger partial charge in [0.05, 0.1) is 12.2 Å². The van der Waals surface area contributed by atoms with Crippen molar-refractivity contribution in [2.24, 2.45) is 0 Å². The molecule has 0 unspecified atom stereocenters. The van der Waals surface area contributed by atoms with Gasteiger partial charge in [-0.3, -0.25) is 9.59 Å². The molecule has 2 aromatic rings. The fourth-order valence-electron chi connectivity index (χ4n) is 3.21. The minimum atomic E-state index is -0.500. The van der Waals surface area contributed by atoms with Crippen molar-refractivity contribution in [1.29, 1.82) is 0 Å². The molecule has 0 aromatic heterocycles. The third-order valence-corrected chi connectivity index (χ3v) is 4.30. The lowest BCUT2D eigenvalue weighted by atomic mass is 9.93. The number of hydrogen-bond donors (Lipinski definition) is 0. The van der Waals surface area contributed by atoms with Gasteiger partial charge in [-0.2, -0.15) is 0 Å². The van der Waals surface area contributed by atoms with Crippen LogP contribution >= 0.6 is 0 Å². The smallest absolute Gasteiger partial charge is 0.328 e. The molecule has 1 heterocycles. The monoisotopic (exact) mass is 313 g/mol. The number of nitrogens with zero attached hydrogens (tertiary/aromatic N) is 1. The van der Waals surface area contributed by atoms with Crippen LogP contribution in [0.4, 0.5) is 5.69 Å². The molecular formula is C18H19NO4. The molecule has 0 aliphatic carbocycles. The Hall–Kier alpha value is -2.43. The average Bonchev–Trinajstić information content (AvgIpc) is 2.59. The first-order valence-electron chi connectivity index (χ1n) is 7.97. The summed E-state index contributed by atoms with van der Waals surface area (Å²) in [5.41, 5.74) is 0.547. The van der Waals surface area contributed by atoms with Gasteiger partial charge in [-0.1, -0.05) is 30.3 Å². The molecule has 0 N–H and O–H groups in total. The summed E-state index contributed by atoms with van der Waals surface area (Å²) in [5, 5.41) is 0. The van der Waals surface area contributed by atoms with E-state index in [1.165, 1.54) is 0 Å². The molecule has 1 aliphatic rings. The topological polar surface area (TPSA) is 63.7 Å². The molecule has 1 saturated heterocycles. The number of ether oxygens (including phenoxy) is 1. The summed E-state index contributed by atoms with van der Waals surface area (Å²) in [6.07, 6.45) is 2.45. The Balaban J connectivity index is 2.01. The van der Waals surface area contributed by atoms with Crippen molar-refractivity contribution < 1.29 is 9.53 Å². The predicted octanol–water partition coefficient (Wildman–Crippen LogP) is 1.87. The Labute approximate surface area is 134 Å². The fourth-order valence-corrected chi connectivity index (χ4v) is 3.21. The van der Waals surface area contributed by atoms with E-state index in [-0.39, 0.29) is 5.97 Å². The van der Waals surface area contributed by atoms with Gasteiger partial charge >= 0.3 is 5.97 Å². The summed E-state index contributed by atoms with van der Waals surface area (Å²) < 4.78 is 5.13. The van der Waals surface area contributed by atoms with Gasteiger partial charge in [0.2, 0.25) is 10.9 Å². The van der Waals surface area contributed by atoms with Gasteiger partial charge in [0.15, 0.2) is 0 Å². The van der Waals surface area contributed by atoms with Gasteiger partial charge in [0.1, 0.15) is 11.7 Å². The van der Waals surface area contributed by atoms with Crippen molar-refractivity contribution in [3.63, 3.8) is 0 Å². The van der Waals surface area contributed by atoms with Crippen LogP contribution in [0.5, 0.6) is 0 Å². The number of benzene rings is 1. The molecule has 1 aliphatic heterocycles. The fraction of sp³-hybridized carbons (Fsp3) is 0.389. The minimum Gasteiger partial charge on any atom is -0.464 e. The number of rotatable bonds is 4. The number of esters is 1. The van der Waals surface area contributed by atoms with Crippen molar-refractivity contribution >= 4 is 11.7 Å². The molecule has 2 aromatic carbocycles. The van der Waals surface area contributed by atoms with Crippen LogP contribution in [-0.2, 0) is 9.53 Å². The largest absolute Gasteiger partial charge is 0.464 e. The zero-order valence-electron chi connectivity index (χ0n) is 13.1. The zero-order valence-corrected chi connectivity index (χ0v) is 13.1. The molecule has 5 nitrogen and oxygen atoms in total. The van der Waals surface area contributed by atoms with E-state index < -0.39 is 16.9 Å². The highest BCUT2D eigenvalue weighted by Gasteiger charge is 2.36. The van der Waals surface area contributed by atoms with Crippen LogP contribution in [0.1, 0.15) is 26.2 Å². The molecule has 23 heavy (non-hydrogen) atoms. The third-order valence-electron chi connectivity index (χ3n) is 4.30. The highest BCUT2D eigenvalue weighted by Crippen LogP contribution is 2.31. The molecule has 0 spiro atoms. The van der Waals surface area contributed by atoms with E-state index in [1.54, 1.807) is 11.8 Å². The van der Waals surface area contributed by atoms with E-state index in [9.17, 15) is 14.4 Å². The molecule has 0 bridgehead atoms. The van der Waals surface area contributed by atoms with Gasteiger partial charge in [-0.15, -0.1) is 0 Å². The molecule has 5 heteroatoms. The third kappa shape index (κ3) is 2.67. The molecule has 3 rings (SSSR count). The van der Waals surface area contributed by atoms with Crippen molar-refractivity contribution in [2.75, 3.05) is 18.1 Å². The molecular weight excluding hydrogens is 294 g/mol. The SMILES string of the molecule is CCOC(=O)[C@@H]1CCCCN1c1c(-c2ccccc2)c(=O)c1=O. The average molecular weight is 313 g/mol. The van der Waals surface area contributed by atoms with E-state index in [0.29, 0.717) is 30.8 Å². The standard InChI is InChI=1S/C18H19NO4/c1-2-23-18(22)13-10-6-7-11-19(13)15-14(16(20)17(15)21)12-8-4-3-5-9-12/h3-5,8-9,13H,2,6-7,10-11H2,1H3/t13-/m0/s1. The molecule has 0 radical (unpaired) electrons. The van der Waals surface area contributed by atoms with Gasteiger partial charge in [-0.25, -0.2) is 4.79 Å². The summed E-state index contributed by atoms with van der Waals surface area (Å²) in [7, 11) is 0. The van der Waals surface area contributed by atoms with Gasteiger partial charge in [0, 0.05) is 6.54 Å². The lowest BCUT2D eigenvalue weighted by Crippen LogP contribution is -2.52. The van der Waals surface area contributed by atoms with Gasteiger partial charge in [0.25, 0.3) is 0 Å². The quantitative estimate of drug-likeness (QED) is 0.637. The van der Waals surface area contributed by atoms with Crippen LogP contribution < -0.4 is 15.8 Å². The van der Waals surface area contributed by atoms with Crippen molar-refractivity contribution in [1.82, 2.24) is 0 Å². The minimum absolute atomic E-state index is 0.306. The number of hydrogen-bond acceptors (Lipinski definition) is 5. The van der Waals surface area contributed by atoms with Crippen LogP contribution in [-0.4, -0.2) is 25.2 Å². The lowest BCUT2D eigenvalue weighted by Gasteiger charge is -2.37. The zero-order chi connectivity index (χ0) is 16.4. The maximum Gasteiger partial charge on any atom is 0.328 e. The van der Waals surface area contributed by atoms with E-state index >= 15 is 0 Å². The maximum atomic E-state index is 12.2. The Morgan fingerprint density at radius 1 is 1.17 bits per heavy atom. The predicted molar refractivity (Wildman–Crippen MR) is 88.4 cm³/mol. The Morgan fingerprint density at radius 2 is 1.91 bits per heavy atom. The van der Waals surface area contributed by atoms with Crippen LogP contribution in [0.2, 0.25) is 0 Å². The van der Waals surface area contributed by atoms with Crippen molar-refractivity contribution in [2.45, 2.75) is 32.2 Å². The number of carbonyl (C=O) groups is 1. The first-order chi connectivity index (χ1) is 11.1. The van der Waals surface area contributed by atoms with Crippen molar-refractivity contribution in [3.05, 3.63) is 50.8 Å². The summed E-state index contributed by atoms with van der Waals surface area (Å²) in [6, 6.07) is 8.65. The highest BCUT2D eigenvalue weighted by atomic mass is 16.5. The Bertz CT molecular complexity index is 774. The van der Waals surface area contributed by atoms with Crippen LogP contribution in [0.15, 0.2) is 39.9 Å². The second-order valence-electron chi connectivity index (χ2n) is 5.70. The molecule has 0 amide bonds. The van der Waals surface area contributed by atoms with Crippen LogP contribution in [0.25, 0.3) is 11.1 Å². The molecule has 1 atom stereocenters. The summed E-state index contributed by atoms with van der Waals surface area (Å²) in [6.45, 7) is 2.66.